The summed E-state index contributed by atoms with van der Waals surface area (Å²) in [5.74, 6) is -0.122. The number of amides is 1. The van der Waals surface area contributed by atoms with Crippen LogP contribution in [0, 0.1) is 17.2 Å². The third-order valence-electron chi connectivity index (χ3n) is 2.64. The molecule has 3 heteroatoms. The summed E-state index contributed by atoms with van der Waals surface area (Å²) in [6, 6.07) is 9.57. The number of hydrogen-bond donors (Lipinski definition) is 1. The molecule has 0 fully saturated rings. The number of fused-ring (bicyclic) bond motifs is 1. The molecule has 0 spiro atoms. The minimum Gasteiger partial charge on any atom is -0.321 e. The average molecular weight is 212 g/mol. The minimum absolute atomic E-state index is 0.0527. The second-order valence-corrected chi connectivity index (χ2v) is 4.05. The Morgan fingerprint density at radius 2 is 2.06 bits per heavy atom. The molecule has 1 aliphatic rings. The number of anilines is 1. The molecule has 2 rings (SSSR count). The van der Waals surface area contributed by atoms with E-state index in [0.29, 0.717) is 11.1 Å². The van der Waals surface area contributed by atoms with Crippen LogP contribution in [0.3, 0.4) is 0 Å². The SMILES string of the molecule is CC(C)/C(C#N)=C1/C(=O)Nc2ccccc21. The van der Waals surface area contributed by atoms with E-state index in [-0.39, 0.29) is 11.8 Å². The number of rotatable bonds is 1. The molecule has 1 aromatic carbocycles. The van der Waals surface area contributed by atoms with Crippen LogP contribution in [0.5, 0.6) is 0 Å². The maximum atomic E-state index is 11.8. The van der Waals surface area contributed by atoms with Crippen LogP contribution in [-0.4, -0.2) is 5.91 Å². The van der Waals surface area contributed by atoms with Crippen molar-refractivity contribution in [2.75, 3.05) is 5.32 Å². The summed E-state index contributed by atoms with van der Waals surface area (Å²) < 4.78 is 0. The zero-order chi connectivity index (χ0) is 11.7. The van der Waals surface area contributed by atoms with Crippen molar-refractivity contribution in [1.82, 2.24) is 0 Å². The van der Waals surface area contributed by atoms with Crippen LogP contribution >= 0.6 is 0 Å². The van der Waals surface area contributed by atoms with E-state index in [0.717, 1.165) is 11.3 Å². The van der Waals surface area contributed by atoms with Crippen molar-refractivity contribution in [3.05, 3.63) is 35.4 Å². The van der Waals surface area contributed by atoms with E-state index in [1.165, 1.54) is 0 Å². The normalized spacial score (nSPS) is 16.8. The second-order valence-electron chi connectivity index (χ2n) is 4.05. The van der Waals surface area contributed by atoms with E-state index in [1.54, 1.807) is 0 Å². The predicted molar refractivity (Wildman–Crippen MR) is 62.4 cm³/mol. The largest absolute Gasteiger partial charge is 0.321 e. The molecule has 1 heterocycles. The molecular formula is C13H12N2O. The Balaban J connectivity index is 2.68. The molecule has 0 radical (unpaired) electrons. The number of nitrogens with zero attached hydrogens (tertiary/aromatic N) is 1. The molecule has 0 bridgehead atoms. The zero-order valence-electron chi connectivity index (χ0n) is 9.24. The van der Waals surface area contributed by atoms with Crippen LogP contribution in [0.1, 0.15) is 19.4 Å². The molecule has 1 aliphatic heterocycles. The van der Waals surface area contributed by atoms with Crippen molar-refractivity contribution in [3.8, 4) is 6.07 Å². The highest BCUT2D eigenvalue weighted by Crippen LogP contribution is 2.35. The lowest BCUT2D eigenvalue weighted by Gasteiger charge is -2.05. The zero-order valence-corrected chi connectivity index (χ0v) is 9.24. The number of para-hydroxylation sites is 1. The van der Waals surface area contributed by atoms with E-state index in [4.69, 9.17) is 5.26 Å². The van der Waals surface area contributed by atoms with Gasteiger partial charge in [-0.05, 0) is 12.0 Å². The minimum atomic E-state index is -0.175. The van der Waals surface area contributed by atoms with Crippen molar-refractivity contribution in [2.24, 2.45) is 5.92 Å². The van der Waals surface area contributed by atoms with Gasteiger partial charge in [0, 0.05) is 16.8 Å². The second kappa shape index (κ2) is 3.82. The Labute approximate surface area is 94.4 Å². The number of allylic oxidation sites excluding steroid dienone is 1. The number of hydrogen-bond acceptors (Lipinski definition) is 2. The fourth-order valence-corrected chi connectivity index (χ4v) is 1.86. The third kappa shape index (κ3) is 1.49. The molecule has 0 aromatic heterocycles. The Morgan fingerprint density at radius 1 is 1.38 bits per heavy atom. The van der Waals surface area contributed by atoms with E-state index in [2.05, 4.69) is 11.4 Å². The molecule has 16 heavy (non-hydrogen) atoms. The van der Waals surface area contributed by atoms with Gasteiger partial charge in [0.05, 0.1) is 11.6 Å². The Kier molecular flexibility index (Phi) is 2.49. The molecule has 1 amide bonds. The monoisotopic (exact) mass is 212 g/mol. The van der Waals surface area contributed by atoms with Crippen molar-refractivity contribution in [1.29, 1.82) is 5.26 Å². The highest BCUT2D eigenvalue weighted by Gasteiger charge is 2.27. The van der Waals surface area contributed by atoms with Crippen molar-refractivity contribution >= 4 is 17.2 Å². The highest BCUT2D eigenvalue weighted by molar-refractivity contribution is 6.32. The van der Waals surface area contributed by atoms with Gasteiger partial charge in [-0.25, -0.2) is 0 Å². The van der Waals surface area contributed by atoms with Gasteiger partial charge < -0.3 is 5.32 Å². The molecule has 0 atom stereocenters. The van der Waals surface area contributed by atoms with Crippen LogP contribution in [0.25, 0.3) is 5.57 Å². The number of benzene rings is 1. The summed E-state index contributed by atoms with van der Waals surface area (Å²) in [5.41, 5.74) is 2.68. The fraction of sp³-hybridized carbons (Fsp3) is 0.231. The quantitative estimate of drug-likeness (QED) is 0.574. The van der Waals surface area contributed by atoms with Gasteiger partial charge in [-0.15, -0.1) is 0 Å². The topological polar surface area (TPSA) is 52.9 Å². The first-order chi connectivity index (χ1) is 7.65. The summed E-state index contributed by atoms with van der Waals surface area (Å²) in [4.78, 5) is 11.8. The number of nitrogens with one attached hydrogen (secondary N) is 1. The van der Waals surface area contributed by atoms with E-state index >= 15 is 0 Å². The summed E-state index contributed by atoms with van der Waals surface area (Å²) in [6.45, 7) is 3.83. The van der Waals surface area contributed by atoms with Crippen molar-refractivity contribution in [2.45, 2.75) is 13.8 Å². The lowest BCUT2D eigenvalue weighted by atomic mass is 9.94. The Hall–Kier alpha value is -2.08. The molecular weight excluding hydrogens is 200 g/mol. The van der Waals surface area contributed by atoms with E-state index in [9.17, 15) is 4.79 Å². The predicted octanol–water partition coefficient (Wildman–Crippen LogP) is 2.57. The van der Waals surface area contributed by atoms with Crippen molar-refractivity contribution in [3.63, 3.8) is 0 Å². The van der Waals surface area contributed by atoms with Crippen LogP contribution in [0.4, 0.5) is 5.69 Å². The molecule has 3 nitrogen and oxygen atoms in total. The van der Waals surface area contributed by atoms with Gasteiger partial charge in [-0.3, -0.25) is 4.79 Å². The van der Waals surface area contributed by atoms with Crippen LogP contribution in [0.2, 0.25) is 0 Å². The Bertz CT molecular complexity index is 521. The van der Waals surface area contributed by atoms with Gasteiger partial charge in [-0.2, -0.15) is 5.26 Å². The van der Waals surface area contributed by atoms with E-state index < -0.39 is 0 Å². The third-order valence-corrected chi connectivity index (χ3v) is 2.64. The van der Waals surface area contributed by atoms with Crippen LogP contribution in [0.15, 0.2) is 29.8 Å². The first-order valence-corrected chi connectivity index (χ1v) is 5.20. The molecule has 1 aromatic rings. The summed E-state index contributed by atoms with van der Waals surface area (Å²) in [5, 5.41) is 11.9. The standard InChI is InChI=1S/C13H12N2O/c1-8(2)10(7-14)12-9-5-3-4-6-11(9)15-13(12)16/h3-6,8H,1-2H3,(H,15,16)/b12-10+. The highest BCUT2D eigenvalue weighted by atomic mass is 16.2. The van der Waals surface area contributed by atoms with Gasteiger partial charge in [0.15, 0.2) is 0 Å². The van der Waals surface area contributed by atoms with Gasteiger partial charge in [0.25, 0.3) is 5.91 Å². The van der Waals surface area contributed by atoms with Crippen LogP contribution < -0.4 is 5.32 Å². The lowest BCUT2D eigenvalue weighted by Crippen LogP contribution is -2.07. The first kappa shape index (κ1) is 10.4. The summed E-state index contributed by atoms with van der Waals surface area (Å²) in [7, 11) is 0. The van der Waals surface area contributed by atoms with Crippen LogP contribution in [-0.2, 0) is 4.79 Å². The number of carbonyl (C=O) groups excluding carboxylic acids is 1. The molecule has 0 aliphatic carbocycles. The average Bonchev–Trinajstić information content (AvgIpc) is 2.57. The Morgan fingerprint density at radius 3 is 2.69 bits per heavy atom. The molecule has 0 saturated carbocycles. The van der Waals surface area contributed by atoms with Crippen molar-refractivity contribution < 1.29 is 4.79 Å². The molecule has 80 valence electrons. The fourth-order valence-electron chi connectivity index (χ4n) is 1.86. The van der Waals surface area contributed by atoms with Gasteiger partial charge in [0.1, 0.15) is 0 Å². The summed E-state index contributed by atoms with van der Waals surface area (Å²) in [6.07, 6.45) is 0. The van der Waals surface area contributed by atoms with Gasteiger partial charge in [-0.1, -0.05) is 32.0 Å². The number of nitriles is 1. The molecule has 0 saturated heterocycles. The first-order valence-electron chi connectivity index (χ1n) is 5.20. The molecule has 1 N–H and O–H groups in total. The molecule has 0 unspecified atom stereocenters. The van der Waals surface area contributed by atoms with E-state index in [1.807, 2.05) is 38.1 Å². The maximum Gasteiger partial charge on any atom is 0.257 e. The summed E-state index contributed by atoms with van der Waals surface area (Å²) >= 11 is 0. The van der Waals surface area contributed by atoms with Gasteiger partial charge >= 0.3 is 0 Å². The maximum absolute atomic E-state index is 11.8. The lowest BCUT2D eigenvalue weighted by molar-refractivity contribution is -0.110. The van der Waals surface area contributed by atoms with Gasteiger partial charge in [0.2, 0.25) is 0 Å². The number of carbonyl (C=O) groups is 1. The smallest absolute Gasteiger partial charge is 0.257 e.